The average molecular weight is 471 g/mol. The van der Waals surface area contributed by atoms with Gasteiger partial charge in [-0.3, -0.25) is 9.20 Å². The number of aliphatic imine (C=N–C) groups is 1. The molecule has 2 aliphatic carbocycles. The molecule has 5 nitrogen and oxygen atoms in total. The van der Waals surface area contributed by atoms with Gasteiger partial charge in [-0.1, -0.05) is 32.6 Å². The van der Waals surface area contributed by atoms with E-state index < -0.39 is 16.4 Å². The normalized spacial score (nSPS) is 28.5. The zero-order valence-electron chi connectivity index (χ0n) is 15.1. The number of hydrogen-bond acceptors (Lipinski definition) is 3. The third-order valence-corrected chi connectivity index (χ3v) is 6.96. The summed E-state index contributed by atoms with van der Waals surface area (Å²) in [5.74, 6) is 1.51. The van der Waals surface area contributed by atoms with E-state index in [4.69, 9.17) is 0 Å². The molecule has 0 spiro atoms. The van der Waals surface area contributed by atoms with Gasteiger partial charge in [0.2, 0.25) is 0 Å². The first-order chi connectivity index (χ1) is 11.1. The van der Waals surface area contributed by atoms with Gasteiger partial charge in [-0.25, -0.2) is 0 Å². The molecular weight excluding hydrogens is 437 g/mol. The fourth-order valence-corrected chi connectivity index (χ4v) is 5.12. The molecule has 3 N–H and O–H groups in total. The predicted molar refractivity (Wildman–Crippen MR) is 113 cm³/mol. The average Bonchev–Trinajstić information content (AvgIpc) is 2.58. The van der Waals surface area contributed by atoms with Crippen LogP contribution in [-0.4, -0.2) is 51.5 Å². The zero-order valence-corrected chi connectivity index (χ0v) is 18.2. The van der Waals surface area contributed by atoms with E-state index in [0.29, 0.717) is 17.8 Å². The van der Waals surface area contributed by atoms with Gasteiger partial charge in [0.1, 0.15) is 0 Å². The van der Waals surface area contributed by atoms with Crippen molar-refractivity contribution in [2.75, 3.05) is 19.3 Å². The highest BCUT2D eigenvalue weighted by Gasteiger charge is 2.30. The first kappa shape index (κ1) is 22.2. The predicted octanol–water partition coefficient (Wildman–Crippen LogP) is 2.54. The summed E-state index contributed by atoms with van der Waals surface area (Å²) < 4.78 is 12.0. The summed E-state index contributed by atoms with van der Waals surface area (Å²) in [5.41, 5.74) is -0.589. The Labute approximate surface area is 166 Å². The van der Waals surface area contributed by atoms with Crippen molar-refractivity contribution >= 4 is 40.7 Å². The van der Waals surface area contributed by atoms with E-state index >= 15 is 0 Å². The van der Waals surface area contributed by atoms with Gasteiger partial charge in [0.15, 0.2) is 5.96 Å². The lowest BCUT2D eigenvalue weighted by atomic mass is 9.85. The van der Waals surface area contributed by atoms with Crippen molar-refractivity contribution in [1.29, 1.82) is 0 Å². The molecule has 0 radical (unpaired) electrons. The molecule has 2 aliphatic rings. The van der Waals surface area contributed by atoms with Crippen LogP contribution in [0.5, 0.6) is 0 Å². The van der Waals surface area contributed by atoms with Gasteiger partial charge in [0, 0.05) is 41.4 Å². The Morgan fingerprint density at radius 3 is 2.58 bits per heavy atom. The lowest BCUT2D eigenvalue weighted by Crippen LogP contribution is -2.51. The topological polar surface area (TPSA) is 73.7 Å². The van der Waals surface area contributed by atoms with Gasteiger partial charge in [-0.05, 0) is 32.1 Å². The van der Waals surface area contributed by atoms with Gasteiger partial charge in [-0.15, -0.1) is 24.0 Å². The molecule has 24 heavy (non-hydrogen) atoms. The molecule has 2 saturated carbocycles. The number of halogens is 1. The van der Waals surface area contributed by atoms with Crippen molar-refractivity contribution in [1.82, 2.24) is 10.6 Å². The van der Waals surface area contributed by atoms with Gasteiger partial charge < -0.3 is 15.7 Å². The van der Waals surface area contributed by atoms with E-state index in [2.05, 4.69) is 15.6 Å². The standard InChI is InChI=1S/C17H33N3O2S.HI/c1-3-23(22)15-9-7-8-14(12-15)20-16(18-2)19-13-17(21)10-5-4-6-11-17;/h14-15,21H,3-13H2,1-2H3,(H2,18,19,20);1H. The van der Waals surface area contributed by atoms with Crippen LogP contribution >= 0.6 is 24.0 Å². The molecule has 0 aliphatic heterocycles. The third-order valence-electron chi connectivity index (χ3n) is 5.22. The van der Waals surface area contributed by atoms with Crippen molar-refractivity contribution in [2.24, 2.45) is 4.99 Å². The highest BCUT2D eigenvalue weighted by Crippen LogP contribution is 2.27. The molecule has 3 unspecified atom stereocenters. The smallest absolute Gasteiger partial charge is 0.191 e. The monoisotopic (exact) mass is 471 g/mol. The lowest BCUT2D eigenvalue weighted by molar-refractivity contribution is 0.00854. The largest absolute Gasteiger partial charge is 0.388 e. The zero-order chi connectivity index (χ0) is 16.7. The molecule has 3 atom stereocenters. The maximum Gasteiger partial charge on any atom is 0.191 e. The second-order valence-electron chi connectivity index (χ2n) is 7.01. The van der Waals surface area contributed by atoms with Crippen LogP contribution in [0.3, 0.4) is 0 Å². The molecule has 0 aromatic carbocycles. The quantitative estimate of drug-likeness (QED) is 0.328. The van der Waals surface area contributed by atoms with Gasteiger partial charge in [0.25, 0.3) is 0 Å². The first-order valence-corrected chi connectivity index (χ1v) is 10.5. The highest BCUT2D eigenvalue weighted by atomic mass is 127. The Balaban J connectivity index is 0.00000288. The van der Waals surface area contributed by atoms with Crippen molar-refractivity contribution in [3.05, 3.63) is 0 Å². The number of rotatable bonds is 5. The number of nitrogens with one attached hydrogen (secondary N) is 2. The minimum Gasteiger partial charge on any atom is -0.388 e. The van der Waals surface area contributed by atoms with Crippen molar-refractivity contribution in [3.8, 4) is 0 Å². The van der Waals surface area contributed by atoms with Crippen LogP contribution in [0.2, 0.25) is 0 Å². The molecule has 0 heterocycles. The first-order valence-electron chi connectivity index (χ1n) is 9.13. The van der Waals surface area contributed by atoms with E-state index in [1.165, 1.54) is 6.42 Å². The Bertz CT molecular complexity index is 428. The summed E-state index contributed by atoms with van der Waals surface area (Å²) in [4.78, 5) is 4.30. The maximum absolute atomic E-state index is 12.0. The Kier molecular flexibility index (Phi) is 10.1. The maximum atomic E-state index is 12.0. The van der Waals surface area contributed by atoms with Crippen LogP contribution < -0.4 is 10.6 Å². The fraction of sp³-hybridized carbons (Fsp3) is 0.941. The molecule has 0 saturated heterocycles. The third kappa shape index (κ3) is 6.78. The Morgan fingerprint density at radius 1 is 1.25 bits per heavy atom. The van der Waals surface area contributed by atoms with E-state index in [-0.39, 0.29) is 24.0 Å². The van der Waals surface area contributed by atoms with Crippen LogP contribution in [0.4, 0.5) is 0 Å². The fourth-order valence-electron chi connectivity index (χ4n) is 3.77. The van der Waals surface area contributed by atoms with Crippen LogP contribution in [0.25, 0.3) is 0 Å². The number of guanidine groups is 1. The van der Waals surface area contributed by atoms with Gasteiger partial charge in [-0.2, -0.15) is 0 Å². The van der Waals surface area contributed by atoms with Crippen LogP contribution in [0, 0.1) is 0 Å². The second kappa shape index (κ2) is 11.0. The number of hydrogen-bond donors (Lipinski definition) is 3. The van der Waals surface area contributed by atoms with E-state index in [1.54, 1.807) is 7.05 Å². The number of aliphatic hydroxyl groups is 1. The lowest BCUT2D eigenvalue weighted by Gasteiger charge is -2.34. The minimum absolute atomic E-state index is 0. The second-order valence-corrected chi connectivity index (χ2v) is 9.02. The summed E-state index contributed by atoms with van der Waals surface area (Å²) in [6, 6.07) is 0.330. The molecule has 0 aromatic heterocycles. The SMILES string of the molecule is CCS(=O)C1CCCC(NC(=NC)NCC2(O)CCCCC2)C1.I. The minimum atomic E-state index is -0.706. The van der Waals surface area contributed by atoms with Crippen molar-refractivity contribution in [2.45, 2.75) is 81.6 Å². The molecule has 2 fully saturated rings. The Hall–Kier alpha value is 0.110. The van der Waals surface area contributed by atoms with Crippen LogP contribution in [-0.2, 0) is 10.8 Å². The highest BCUT2D eigenvalue weighted by molar-refractivity contribution is 14.0. The van der Waals surface area contributed by atoms with E-state index in [1.807, 2.05) is 6.92 Å². The molecule has 7 heteroatoms. The van der Waals surface area contributed by atoms with Crippen LogP contribution in [0.1, 0.15) is 64.7 Å². The molecular formula is C17H34IN3O2S. The van der Waals surface area contributed by atoms with Gasteiger partial charge in [0.05, 0.1) is 5.60 Å². The van der Waals surface area contributed by atoms with E-state index in [9.17, 15) is 9.32 Å². The molecule has 142 valence electrons. The number of nitrogens with zero attached hydrogens (tertiary/aromatic N) is 1. The van der Waals surface area contributed by atoms with Crippen LogP contribution in [0.15, 0.2) is 4.99 Å². The van der Waals surface area contributed by atoms with Crippen molar-refractivity contribution < 1.29 is 9.32 Å². The summed E-state index contributed by atoms with van der Waals surface area (Å²) in [5, 5.41) is 17.7. The Morgan fingerprint density at radius 2 is 1.96 bits per heavy atom. The molecule has 0 amide bonds. The van der Waals surface area contributed by atoms with E-state index in [0.717, 1.165) is 63.1 Å². The summed E-state index contributed by atoms with van der Waals surface area (Å²) >= 11 is 0. The van der Waals surface area contributed by atoms with Crippen molar-refractivity contribution in [3.63, 3.8) is 0 Å². The summed E-state index contributed by atoms with van der Waals surface area (Å²) in [6.07, 6.45) is 9.44. The molecule has 0 aromatic rings. The molecule has 2 rings (SSSR count). The van der Waals surface area contributed by atoms with Gasteiger partial charge >= 0.3 is 0 Å². The summed E-state index contributed by atoms with van der Waals surface area (Å²) in [6.45, 7) is 2.56. The molecule has 0 bridgehead atoms. The summed E-state index contributed by atoms with van der Waals surface area (Å²) in [7, 11) is 1.06.